The van der Waals surface area contributed by atoms with Crippen molar-refractivity contribution in [2.45, 2.75) is 18.4 Å². The van der Waals surface area contributed by atoms with Gasteiger partial charge < -0.3 is 9.84 Å². The highest BCUT2D eigenvalue weighted by atomic mass is 16.5. The second-order valence-corrected chi connectivity index (χ2v) is 5.53. The van der Waals surface area contributed by atoms with Crippen molar-refractivity contribution in [1.82, 2.24) is 25.3 Å². The summed E-state index contributed by atoms with van der Waals surface area (Å²) >= 11 is 0. The fraction of sp³-hybridized carbons (Fsp3) is 0.833. The van der Waals surface area contributed by atoms with Gasteiger partial charge in [-0.3, -0.25) is 9.80 Å². The smallest absolute Gasteiger partial charge is 0.231 e. The van der Waals surface area contributed by atoms with Crippen molar-refractivity contribution in [3.05, 3.63) is 11.7 Å². The second-order valence-electron chi connectivity index (χ2n) is 5.53. The lowest BCUT2D eigenvalue weighted by atomic mass is 10.1. The summed E-state index contributed by atoms with van der Waals surface area (Å²) in [6.45, 7) is 7.75. The minimum Gasteiger partial charge on any atom is -0.339 e. The maximum atomic E-state index is 5.46. The van der Waals surface area contributed by atoms with Crippen molar-refractivity contribution in [3.8, 4) is 0 Å². The molecule has 4 aliphatic heterocycles. The van der Waals surface area contributed by atoms with Gasteiger partial charge in [-0.05, 0) is 13.0 Å². The lowest BCUT2D eigenvalue weighted by Crippen LogP contribution is -2.57. The Bertz CT molecular complexity index is 420. The standard InChI is InChI=1S/C12H19N5O/c1-2-13-7-9(1)12-14-11(15-18-12)10-8-16-3-5-17(10)6-4-16/h9-10,13H,1-8H2. The van der Waals surface area contributed by atoms with E-state index in [9.17, 15) is 0 Å². The van der Waals surface area contributed by atoms with Crippen LogP contribution in [0.1, 0.15) is 30.1 Å². The number of rotatable bonds is 2. The number of hydrogen-bond donors (Lipinski definition) is 1. The second kappa shape index (κ2) is 4.29. The molecule has 0 saturated carbocycles. The molecule has 18 heavy (non-hydrogen) atoms. The molecule has 0 amide bonds. The Morgan fingerprint density at radius 2 is 2.11 bits per heavy atom. The first kappa shape index (κ1) is 10.9. The van der Waals surface area contributed by atoms with Crippen LogP contribution in [-0.2, 0) is 0 Å². The molecule has 0 spiro atoms. The largest absolute Gasteiger partial charge is 0.339 e. The van der Waals surface area contributed by atoms with Gasteiger partial charge in [0.15, 0.2) is 5.82 Å². The summed E-state index contributed by atoms with van der Waals surface area (Å²) in [6, 6.07) is 0.347. The van der Waals surface area contributed by atoms with Crippen molar-refractivity contribution >= 4 is 0 Å². The molecule has 98 valence electrons. The Morgan fingerprint density at radius 1 is 1.22 bits per heavy atom. The van der Waals surface area contributed by atoms with Crippen LogP contribution in [0.3, 0.4) is 0 Å². The number of fused-ring (bicyclic) bond motifs is 3. The number of aromatic nitrogens is 2. The molecule has 6 heteroatoms. The molecular formula is C12H19N5O. The van der Waals surface area contributed by atoms with Gasteiger partial charge in [-0.15, -0.1) is 0 Å². The average molecular weight is 249 g/mol. The topological polar surface area (TPSA) is 57.4 Å². The maximum Gasteiger partial charge on any atom is 0.231 e. The maximum absolute atomic E-state index is 5.46. The minimum atomic E-state index is 0.347. The lowest BCUT2D eigenvalue weighted by molar-refractivity contribution is 0.00781. The Balaban J connectivity index is 1.54. The molecule has 4 aliphatic rings. The molecule has 1 aromatic heterocycles. The summed E-state index contributed by atoms with van der Waals surface area (Å²) in [5.41, 5.74) is 0. The number of hydrogen-bond acceptors (Lipinski definition) is 6. The zero-order chi connectivity index (χ0) is 11.9. The van der Waals surface area contributed by atoms with E-state index < -0.39 is 0 Å². The molecule has 5 heterocycles. The van der Waals surface area contributed by atoms with E-state index in [-0.39, 0.29) is 0 Å². The van der Waals surface area contributed by atoms with Gasteiger partial charge in [-0.1, -0.05) is 5.16 Å². The van der Waals surface area contributed by atoms with Gasteiger partial charge in [0.25, 0.3) is 0 Å². The first-order chi connectivity index (χ1) is 8.90. The molecular weight excluding hydrogens is 230 g/mol. The summed E-state index contributed by atoms with van der Waals surface area (Å²) in [5, 5.41) is 7.56. The Labute approximate surface area is 106 Å². The van der Waals surface area contributed by atoms with Crippen molar-refractivity contribution in [2.75, 3.05) is 45.8 Å². The summed E-state index contributed by atoms with van der Waals surface area (Å²) in [4.78, 5) is 9.63. The predicted octanol–water partition coefficient (Wildman–Crippen LogP) is -0.181. The highest BCUT2D eigenvalue weighted by Crippen LogP contribution is 2.28. The van der Waals surface area contributed by atoms with Crippen molar-refractivity contribution < 1.29 is 4.52 Å². The zero-order valence-electron chi connectivity index (χ0n) is 10.5. The van der Waals surface area contributed by atoms with E-state index in [2.05, 4.69) is 25.3 Å². The van der Waals surface area contributed by atoms with Crippen LogP contribution in [0.4, 0.5) is 0 Å². The van der Waals surface area contributed by atoms with E-state index in [4.69, 9.17) is 4.52 Å². The quantitative estimate of drug-likeness (QED) is 0.784. The monoisotopic (exact) mass is 249 g/mol. The fourth-order valence-electron chi connectivity index (χ4n) is 3.28. The molecule has 0 aliphatic carbocycles. The van der Waals surface area contributed by atoms with E-state index in [1.165, 1.54) is 13.1 Å². The normalized spacial score (nSPS) is 39.3. The summed E-state index contributed by atoms with van der Waals surface area (Å²) in [5.74, 6) is 2.14. The van der Waals surface area contributed by atoms with Crippen LogP contribution >= 0.6 is 0 Å². The molecule has 0 radical (unpaired) electrons. The summed E-state index contributed by atoms with van der Waals surface area (Å²) in [6.07, 6.45) is 1.11. The third-order valence-electron chi connectivity index (χ3n) is 4.44. The van der Waals surface area contributed by atoms with Crippen LogP contribution < -0.4 is 5.32 Å². The molecule has 4 saturated heterocycles. The predicted molar refractivity (Wildman–Crippen MR) is 65.3 cm³/mol. The molecule has 1 N–H and O–H groups in total. The van der Waals surface area contributed by atoms with Crippen LogP contribution in [0.15, 0.2) is 4.52 Å². The average Bonchev–Trinajstić information content (AvgIpc) is 3.11. The SMILES string of the molecule is C1CC(c2nc(C3CN4CCN3CC4)no2)CN1. The number of nitrogens with one attached hydrogen (secondary N) is 1. The molecule has 2 atom stereocenters. The van der Waals surface area contributed by atoms with Crippen LogP contribution in [0.2, 0.25) is 0 Å². The Hall–Kier alpha value is -0.980. The van der Waals surface area contributed by atoms with Crippen LogP contribution in [0.5, 0.6) is 0 Å². The van der Waals surface area contributed by atoms with E-state index in [1.54, 1.807) is 0 Å². The van der Waals surface area contributed by atoms with Crippen molar-refractivity contribution in [3.63, 3.8) is 0 Å². The first-order valence-electron chi connectivity index (χ1n) is 6.91. The van der Waals surface area contributed by atoms with Crippen LogP contribution in [0.25, 0.3) is 0 Å². The third kappa shape index (κ3) is 1.75. The van der Waals surface area contributed by atoms with Crippen LogP contribution in [-0.4, -0.2) is 65.8 Å². The third-order valence-corrected chi connectivity index (χ3v) is 4.44. The molecule has 2 bridgehead atoms. The molecule has 4 fully saturated rings. The Morgan fingerprint density at radius 3 is 2.78 bits per heavy atom. The molecule has 6 nitrogen and oxygen atoms in total. The van der Waals surface area contributed by atoms with Crippen molar-refractivity contribution in [2.24, 2.45) is 0 Å². The van der Waals surface area contributed by atoms with Crippen LogP contribution in [0, 0.1) is 0 Å². The zero-order valence-corrected chi connectivity index (χ0v) is 10.5. The highest BCUT2D eigenvalue weighted by Gasteiger charge is 2.36. The van der Waals surface area contributed by atoms with Gasteiger partial charge in [0.05, 0.1) is 12.0 Å². The van der Waals surface area contributed by atoms with E-state index in [1.807, 2.05) is 0 Å². The van der Waals surface area contributed by atoms with Gasteiger partial charge in [-0.2, -0.15) is 4.98 Å². The van der Waals surface area contributed by atoms with Gasteiger partial charge in [0.2, 0.25) is 5.89 Å². The van der Waals surface area contributed by atoms with Gasteiger partial charge in [0.1, 0.15) is 0 Å². The van der Waals surface area contributed by atoms with Gasteiger partial charge >= 0.3 is 0 Å². The first-order valence-corrected chi connectivity index (χ1v) is 6.91. The number of nitrogens with zero attached hydrogens (tertiary/aromatic N) is 4. The number of piperazine rings is 3. The summed E-state index contributed by atoms with van der Waals surface area (Å²) < 4.78 is 5.46. The molecule has 0 aromatic carbocycles. The Kier molecular flexibility index (Phi) is 2.60. The highest BCUT2D eigenvalue weighted by molar-refractivity contribution is 5.04. The van der Waals surface area contributed by atoms with E-state index in [0.717, 1.165) is 50.9 Å². The van der Waals surface area contributed by atoms with E-state index in [0.29, 0.717) is 12.0 Å². The fourth-order valence-corrected chi connectivity index (χ4v) is 3.28. The lowest BCUT2D eigenvalue weighted by Gasteiger charge is -2.46. The molecule has 2 unspecified atom stereocenters. The summed E-state index contributed by atoms with van der Waals surface area (Å²) in [7, 11) is 0. The molecule has 1 aromatic rings. The molecule has 5 rings (SSSR count). The van der Waals surface area contributed by atoms with Gasteiger partial charge in [0, 0.05) is 39.3 Å². The van der Waals surface area contributed by atoms with Crippen molar-refractivity contribution in [1.29, 1.82) is 0 Å². The van der Waals surface area contributed by atoms with E-state index >= 15 is 0 Å². The van der Waals surface area contributed by atoms with Gasteiger partial charge in [-0.25, -0.2) is 0 Å². The minimum absolute atomic E-state index is 0.347.